The summed E-state index contributed by atoms with van der Waals surface area (Å²) in [5, 5.41) is 0. The second-order valence-electron chi connectivity index (χ2n) is 5.17. The zero-order valence-electron chi connectivity index (χ0n) is 10.5. The van der Waals surface area contributed by atoms with Crippen molar-refractivity contribution in [1.29, 1.82) is 0 Å². The van der Waals surface area contributed by atoms with Gasteiger partial charge in [-0.05, 0) is 19.9 Å². The Morgan fingerprint density at radius 2 is 1.89 bits per heavy atom. The van der Waals surface area contributed by atoms with Crippen molar-refractivity contribution in [3.05, 3.63) is 24.3 Å². The minimum atomic E-state index is 0.0890. The number of likely N-dealkylation sites (N-methyl/N-ethyl adjacent to an activating group) is 1. The Bertz CT molecular complexity index is 423. The SMILES string of the molecule is CN1C2COCC1CC(C(=O)c1cncnc1)C2. The molecule has 2 atom stereocenters. The Morgan fingerprint density at radius 1 is 1.28 bits per heavy atom. The fourth-order valence-electron chi connectivity index (χ4n) is 2.97. The maximum absolute atomic E-state index is 12.4. The number of morpholine rings is 1. The lowest BCUT2D eigenvalue weighted by Gasteiger charge is -2.46. The molecule has 0 amide bonds. The van der Waals surface area contributed by atoms with Crippen LogP contribution < -0.4 is 0 Å². The minimum Gasteiger partial charge on any atom is -0.378 e. The Morgan fingerprint density at radius 3 is 2.50 bits per heavy atom. The third-order valence-corrected chi connectivity index (χ3v) is 4.10. The van der Waals surface area contributed by atoms with Crippen LogP contribution in [-0.4, -0.2) is 53.0 Å². The summed E-state index contributed by atoms with van der Waals surface area (Å²) in [6.45, 7) is 1.48. The molecule has 0 N–H and O–H groups in total. The summed E-state index contributed by atoms with van der Waals surface area (Å²) in [6.07, 6.45) is 6.43. The number of ether oxygens (including phenoxy) is 1. The highest BCUT2D eigenvalue weighted by molar-refractivity contribution is 5.97. The lowest BCUT2D eigenvalue weighted by atomic mass is 9.81. The van der Waals surface area contributed by atoms with Crippen molar-refractivity contribution >= 4 is 5.78 Å². The van der Waals surface area contributed by atoms with Crippen LogP contribution >= 0.6 is 0 Å². The fraction of sp³-hybridized carbons (Fsp3) is 0.615. The zero-order chi connectivity index (χ0) is 12.5. The van der Waals surface area contributed by atoms with E-state index in [1.165, 1.54) is 6.33 Å². The lowest BCUT2D eigenvalue weighted by molar-refractivity contribution is -0.0702. The number of Topliss-reactive ketones (excluding diaryl/α,β-unsaturated/α-hetero) is 1. The summed E-state index contributed by atoms with van der Waals surface area (Å²) in [5.74, 6) is 0.270. The van der Waals surface area contributed by atoms with E-state index < -0.39 is 0 Å². The molecule has 5 heteroatoms. The molecule has 18 heavy (non-hydrogen) atoms. The number of carbonyl (C=O) groups is 1. The molecular formula is C13H17N3O2. The van der Waals surface area contributed by atoms with Crippen molar-refractivity contribution in [2.45, 2.75) is 24.9 Å². The number of piperidine rings is 1. The molecule has 2 bridgehead atoms. The van der Waals surface area contributed by atoms with Gasteiger partial charge in [0.05, 0.1) is 18.8 Å². The normalized spacial score (nSPS) is 32.2. The molecule has 2 fully saturated rings. The molecule has 0 spiro atoms. The van der Waals surface area contributed by atoms with Gasteiger partial charge in [0.1, 0.15) is 6.33 Å². The topological polar surface area (TPSA) is 55.3 Å². The molecular weight excluding hydrogens is 230 g/mol. The molecule has 3 heterocycles. The molecule has 2 unspecified atom stereocenters. The van der Waals surface area contributed by atoms with Crippen LogP contribution in [0.4, 0.5) is 0 Å². The van der Waals surface area contributed by atoms with Gasteiger partial charge in [0.25, 0.3) is 0 Å². The molecule has 0 aromatic carbocycles. The number of rotatable bonds is 2. The first kappa shape index (κ1) is 11.7. The van der Waals surface area contributed by atoms with E-state index in [-0.39, 0.29) is 11.7 Å². The van der Waals surface area contributed by atoms with E-state index >= 15 is 0 Å². The van der Waals surface area contributed by atoms with Gasteiger partial charge in [-0.2, -0.15) is 0 Å². The number of hydrogen-bond donors (Lipinski definition) is 0. The van der Waals surface area contributed by atoms with Crippen LogP contribution in [0.2, 0.25) is 0 Å². The van der Waals surface area contributed by atoms with Crippen LogP contribution in [0.3, 0.4) is 0 Å². The second-order valence-corrected chi connectivity index (χ2v) is 5.17. The van der Waals surface area contributed by atoms with E-state index in [0.717, 1.165) is 26.1 Å². The first-order chi connectivity index (χ1) is 8.75. The minimum absolute atomic E-state index is 0.0890. The molecule has 3 rings (SSSR count). The smallest absolute Gasteiger partial charge is 0.169 e. The largest absolute Gasteiger partial charge is 0.378 e. The van der Waals surface area contributed by atoms with Crippen molar-refractivity contribution < 1.29 is 9.53 Å². The van der Waals surface area contributed by atoms with Gasteiger partial charge in [0, 0.05) is 30.4 Å². The summed E-state index contributed by atoms with van der Waals surface area (Å²) in [6, 6.07) is 0.743. The van der Waals surface area contributed by atoms with Gasteiger partial charge in [0.2, 0.25) is 0 Å². The monoisotopic (exact) mass is 247 g/mol. The van der Waals surface area contributed by atoms with Crippen molar-refractivity contribution in [2.24, 2.45) is 5.92 Å². The molecule has 1 aromatic rings. The lowest BCUT2D eigenvalue weighted by Crippen LogP contribution is -2.55. The van der Waals surface area contributed by atoms with E-state index in [4.69, 9.17) is 4.74 Å². The van der Waals surface area contributed by atoms with Gasteiger partial charge in [0.15, 0.2) is 5.78 Å². The molecule has 2 aliphatic rings. The summed E-state index contributed by atoms with van der Waals surface area (Å²) < 4.78 is 5.56. The highest BCUT2D eigenvalue weighted by atomic mass is 16.5. The Labute approximate surface area is 106 Å². The summed E-state index contributed by atoms with van der Waals surface area (Å²) in [7, 11) is 2.13. The first-order valence-corrected chi connectivity index (χ1v) is 6.34. The van der Waals surface area contributed by atoms with Crippen molar-refractivity contribution in [2.75, 3.05) is 20.3 Å². The highest BCUT2D eigenvalue weighted by Crippen LogP contribution is 2.32. The van der Waals surface area contributed by atoms with Crippen LogP contribution in [-0.2, 0) is 4.74 Å². The number of hydrogen-bond acceptors (Lipinski definition) is 5. The van der Waals surface area contributed by atoms with E-state index in [9.17, 15) is 4.79 Å². The fourth-order valence-corrected chi connectivity index (χ4v) is 2.97. The molecule has 2 saturated heterocycles. The van der Waals surface area contributed by atoms with E-state index in [1.807, 2.05) is 0 Å². The Hall–Kier alpha value is -1.33. The van der Waals surface area contributed by atoms with Crippen LogP contribution in [0.15, 0.2) is 18.7 Å². The molecule has 0 aliphatic carbocycles. The van der Waals surface area contributed by atoms with E-state index in [1.54, 1.807) is 12.4 Å². The Balaban J connectivity index is 1.76. The predicted molar refractivity (Wildman–Crippen MR) is 65.2 cm³/mol. The van der Waals surface area contributed by atoms with Gasteiger partial charge in [-0.1, -0.05) is 0 Å². The third-order valence-electron chi connectivity index (χ3n) is 4.10. The number of aromatic nitrogens is 2. The molecule has 2 aliphatic heterocycles. The number of ketones is 1. The maximum Gasteiger partial charge on any atom is 0.169 e. The number of nitrogens with zero attached hydrogens (tertiary/aromatic N) is 3. The number of carbonyl (C=O) groups excluding carboxylic acids is 1. The van der Waals surface area contributed by atoms with Crippen LogP contribution in [0.5, 0.6) is 0 Å². The number of fused-ring (bicyclic) bond motifs is 2. The standard InChI is InChI=1S/C13H17N3O2/c1-16-11-2-9(3-12(16)7-18-6-11)13(17)10-4-14-8-15-5-10/h4-5,8-9,11-12H,2-3,6-7H2,1H3. The van der Waals surface area contributed by atoms with Crippen LogP contribution in [0, 0.1) is 5.92 Å². The predicted octanol–water partition coefficient (Wildman–Crippen LogP) is 0.768. The maximum atomic E-state index is 12.4. The van der Waals surface area contributed by atoms with Gasteiger partial charge in [-0.25, -0.2) is 9.97 Å². The average molecular weight is 247 g/mol. The average Bonchev–Trinajstić information content (AvgIpc) is 2.38. The highest BCUT2D eigenvalue weighted by Gasteiger charge is 2.39. The van der Waals surface area contributed by atoms with E-state index in [0.29, 0.717) is 17.6 Å². The van der Waals surface area contributed by atoms with Crippen molar-refractivity contribution in [1.82, 2.24) is 14.9 Å². The van der Waals surface area contributed by atoms with Gasteiger partial charge < -0.3 is 4.74 Å². The molecule has 0 saturated carbocycles. The van der Waals surface area contributed by atoms with Gasteiger partial charge >= 0.3 is 0 Å². The van der Waals surface area contributed by atoms with Crippen LogP contribution in [0.25, 0.3) is 0 Å². The molecule has 5 nitrogen and oxygen atoms in total. The van der Waals surface area contributed by atoms with Crippen molar-refractivity contribution in [3.8, 4) is 0 Å². The quantitative estimate of drug-likeness (QED) is 0.722. The summed E-state index contributed by atoms with van der Waals surface area (Å²) in [5.41, 5.74) is 0.631. The van der Waals surface area contributed by atoms with Gasteiger partial charge in [-0.3, -0.25) is 9.69 Å². The van der Waals surface area contributed by atoms with Crippen molar-refractivity contribution in [3.63, 3.8) is 0 Å². The first-order valence-electron chi connectivity index (χ1n) is 6.34. The van der Waals surface area contributed by atoms with E-state index in [2.05, 4.69) is 21.9 Å². The van der Waals surface area contributed by atoms with Gasteiger partial charge in [-0.15, -0.1) is 0 Å². The molecule has 0 radical (unpaired) electrons. The molecule has 1 aromatic heterocycles. The summed E-state index contributed by atoms with van der Waals surface area (Å²) >= 11 is 0. The Kier molecular flexibility index (Phi) is 3.09. The third kappa shape index (κ3) is 2.04. The molecule has 96 valence electrons. The zero-order valence-corrected chi connectivity index (χ0v) is 10.5. The van der Waals surface area contributed by atoms with Crippen LogP contribution in [0.1, 0.15) is 23.2 Å². The second kappa shape index (κ2) is 4.74. The summed E-state index contributed by atoms with van der Waals surface area (Å²) in [4.78, 5) is 22.6.